The van der Waals surface area contributed by atoms with Crippen molar-refractivity contribution in [2.75, 3.05) is 11.4 Å². The number of guanidine groups is 1. The van der Waals surface area contributed by atoms with E-state index < -0.39 is 15.6 Å². The topological polar surface area (TPSA) is 124 Å². The SMILES string of the molecule is C[C@@H]1CN=C2N(Cc3cnn(CC#N)c3)C(=O)c3cc(S(=O)(=O)NC4(C)CC4)ccc3N21. The Labute approximate surface area is 186 Å². The summed E-state index contributed by atoms with van der Waals surface area (Å²) in [7, 11) is -3.74. The van der Waals surface area contributed by atoms with E-state index in [1.165, 1.54) is 10.7 Å². The van der Waals surface area contributed by atoms with Gasteiger partial charge < -0.3 is 4.90 Å². The first-order chi connectivity index (χ1) is 15.2. The molecule has 1 aromatic carbocycles. The average Bonchev–Trinajstić information content (AvgIpc) is 3.11. The van der Waals surface area contributed by atoms with Crippen LogP contribution in [0, 0.1) is 11.3 Å². The summed E-state index contributed by atoms with van der Waals surface area (Å²) in [6.45, 7) is 4.76. The van der Waals surface area contributed by atoms with Crippen molar-refractivity contribution < 1.29 is 13.2 Å². The van der Waals surface area contributed by atoms with Gasteiger partial charge in [0.15, 0.2) is 0 Å². The van der Waals surface area contributed by atoms with Crippen LogP contribution in [0.15, 0.2) is 40.5 Å². The van der Waals surface area contributed by atoms with Crippen LogP contribution in [0.3, 0.4) is 0 Å². The number of rotatable bonds is 6. The fourth-order valence-corrected chi connectivity index (χ4v) is 5.57. The van der Waals surface area contributed by atoms with Gasteiger partial charge in [-0.15, -0.1) is 0 Å². The van der Waals surface area contributed by atoms with E-state index in [1.54, 1.807) is 29.4 Å². The maximum Gasteiger partial charge on any atom is 0.263 e. The summed E-state index contributed by atoms with van der Waals surface area (Å²) in [5, 5.41) is 13.0. The lowest BCUT2D eigenvalue weighted by atomic mass is 10.1. The predicted octanol–water partition coefficient (Wildman–Crippen LogP) is 1.46. The van der Waals surface area contributed by atoms with Crippen LogP contribution < -0.4 is 9.62 Å². The maximum atomic E-state index is 13.5. The summed E-state index contributed by atoms with van der Waals surface area (Å²) in [6, 6.07) is 6.76. The molecule has 0 saturated heterocycles. The first-order valence-electron chi connectivity index (χ1n) is 10.4. The van der Waals surface area contributed by atoms with Crippen LogP contribution in [-0.4, -0.2) is 53.1 Å². The largest absolute Gasteiger partial charge is 0.307 e. The molecule has 1 atom stereocenters. The van der Waals surface area contributed by atoms with Crippen LogP contribution in [0.4, 0.5) is 5.69 Å². The lowest BCUT2D eigenvalue weighted by Crippen LogP contribution is -2.52. The van der Waals surface area contributed by atoms with Crippen molar-refractivity contribution in [1.82, 2.24) is 19.4 Å². The van der Waals surface area contributed by atoms with Crippen molar-refractivity contribution >= 4 is 27.6 Å². The van der Waals surface area contributed by atoms with Crippen molar-refractivity contribution in [1.29, 1.82) is 5.26 Å². The summed E-state index contributed by atoms with van der Waals surface area (Å²) < 4.78 is 30.0. The third kappa shape index (κ3) is 3.45. The van der Waals surface area contributed by atoms with E-state index in [-0.39, 0.29) is 29.9 Å². The number of nitrogens with one attached hydrogen (secondary N) is 1. The number of nitrogens with zero attached hydrogens (tertiary/aromatic N) is 6. The lowest BCUT2D eigenvalue weighted by molar-refractivity contribution is 0.0833. The van der Waals surface area contributed by atoms with Gasteiger partial charge in [-0.2, -0.15) is 10.4 Å². The highest BCUT2D eigenvalue weighted by Crippen LogP contribution is 2.38. The molecule has 1 fully saturated rings. The van der Waals surface area contributed by atoms with E-state index in [4.69, 9.17) is 5.26 Å². The van der Waals surface area contributed by atoms with E-state index in [9.17, 15) is 13.2 Å². The van der Waals surface area contributed by atoms with Gasteiger partial charge in [-0.3, -0.25) is 19.4 Å². The number of fused-ring (bicyclic) bond motifs is 3. The van der Waals surface area contributed by atoms with Crippen LogP contribution in [0.25, 0.3) is 0 Å². The van der Waals surface area contributed by atoms with Gasteiger partial charge in [0.2, 0.25) is 16.0 Å². The zero-order valence-corrected chi connectivity index (χ0v) is 18.6. The molecule has 1 aromatic heterocycles. The molecule has 3 aliphatic rings. The molecule has 1 amide bonds. The van der Waals surface area contributed by atoms with Crippen LogP contribution in [-0.2, 0) is 23.1 Å². The van der Waals surface area contributed by atoms with Crippen molar-refractivity contribution in [3.63, 3.8) is 0 Å². The third-order valence-electron chi connectivity index (χ3n) is 6.05. The maximum absolute atomic E-state index is 13.5. The van der Waals surface area contributed by atoms with E-state index in [2.05, 4.69) is 14.8 Å². The molecule has 166 valence electrons. The zero-order chi connectivity index (χ0) is 22.7. The highest BCUT2D eigenvalue weighted by Gasteiger charge is 2.43. The Morgan fingerprint density at radius 3 is 2.84 bits per heavy atom. The molecule has 3 heterocycles. The van der Waals surface area contributed by atoms with E-state index in [1.807, 2.05) is 24.8 Å². The van der Waals surface area contributed by atoms with Gasteiger partial charge in [0.25, 0.3) is 5.91 Å². The van der Waals surface area contributed by atoms with Crippen molar-refractivity contribution in [3.05, 3.63) is 41.7 Å². The molecule has 1 N–H and O–H groups in total. The Hall–Kier alpha value is -3.23. The number of aromatic nitrogens is 2. The minimum atomic E-state index is -3.74. The predicted molar refractivity (Wildman–Crippen MR) is 116 cm³/mol. The molecule has 32 heavy (non-hydrogen) atoms. The second-order valence-electron chi connectivity index (χ2n) is 8.80. The third-order valence-corrected chi connectivity index (χ3v) is 7.68. The molecule has 0 unspecified atom stereocenters. The second-order valence-corrected chi connectivity index (χ2v) is 10.5. The van der Waals surface area contributed by atoms with E-state index >= 15 is 0 Å². The normalized spacial score (nSPS) is 21.1. The summed E-state index contributed by atoms with van der Waals surface area (Å²) in [6.07, 6.45) is 4.93. The second kappa shape index (κ2) is 7.15. The summed E-state index contributed by atoms with van der Waals surface area (Å²) in [4.78, 5) is 21.7. The Morgan fingerprint density at radius 1 is 1.34 bits per heavy atom. The summed E-state index contributed by atoms with van der Waals surface area (Å²) in [5.41, 5.74) is 1.33. The Balaban J connectivity index is 1.52. The van der Waals surface area contributed by atoms with Crippen LogP contribution >= 0.6 is 0 Å². The monoisotopic (exact) mass is 453 g/mol. The van der Waals surface area contributed by atoms with Crippen LogP contribution in [0.5, 0.6) is 0 Å². The number of nitriles is 1. The van der Waals surface area contributed by atoms with Crippen LogP contribution in [0.2, 0.25) is 0 Å². The molecule has 2 aromatic rings. The highest BCUT2D eigenvalue weighted by molar-refractivity contribution is 7.89. The molecule has 11 heteroatoms. The minimum absolute atomic E-state index is 0.0339. The molecular weight excluding hydrogens is 430 g/mol. The number of anilines is 1. The molecule has 10 nitrogen and oxygen atoms in total. The zero-order valence-electron chi connectivity index (χ0n) is 17.8. The molecule has 0 spiro atoms. The molecule has 2 aliphatic heterocycles. The molecule has 0 bridgehead atoms. The number of benzene rings is 1. The smallest absolute Gasteiger partial charge is 0.263 e. The van der Waals surface area contributed by atoms with Crippen molar-refractivity contribution in [2.24, 2.45) is 4.99 Å². The number of aliphatic imine (C=N–C) groups is 1. The standard InChI is InChI=1S/C21H23N7O3S/c1-14-10-23-20-27(13-15-11-24-26(12-15)8-7-22)19(29)17-9-16(3-4-18(17)28(14)20)32(30,31)25-21(2)5-6-21/h3-4,9,11-12,14,25H,5-6,8,10,13H2,1-2H3/t14-/m1/s1. The van der Waals surface area contributed by atoms with Gasteiger partial charge in [-0.25, -0.2) is 13.1 Å². The first-order valence-corrected chi connectivity index (χ1v) is 11.9. The Morgan fingerprint density at radius 2 is 2.12 bits per heavy atom. The lowest BCUT2D eigenvalue weighted by Gasteiger charge is -2.38. The summed E-state index contributed by atoms with van der Waals surface area (Å²) >= 11 is 0. The van der Waals surface area contributed by atoms with Crippen molar-refractivity contribution in [3.8, 4) is 6.07 Å². The van der Waals surface area contributed by atoms with Gasteiger partial charge in [0, 0.05) is 17.3 Å². The Kier molecular flexibility index (Phi) is 4.61. The van der Waals surface area contributed by atoms with Gasteiger partial charge in [0.05, 0.1) is 47.5 Å². The number of sulfonamides is 1. The number of carbonyl (C=O) groups excluding carboxylic acids is 1. The average molecular weight is 454 g/mol. The van der Waals surface area contributed by atoms with Gasteiger partial charge in [-0.1, -0.05) is 0 Å². The number of hydrogen-bond donors (Lipinski definition) is 1. The molecule has 5 rings (SSSR count). The fraction of sp³-hybridized carbons (Fsp3) is 0.429. The van der Waals surface area contributed by atoms with Gasteiger partial charge >= 0.3 is 0 Å². The number of amides is 1. The molecule has 0 radical (unpaired) electrons. The number of hydrogen-bond acceptors (Lipinski definition) is 7. The first kappa shape index (κ1) is 20.7. The number of carbonyl (C=O) groups is 1. The molecule has 1 saturated carbocycles. The van der Waals surface area contributed by atoms with Gasteiger partial charge in [0.1, 0.15) is 6.54 Å². The molecular formula is C21H23N7O3S. The molecule has 1 aliphatic carbocycles. The summed E-state index contributed by atoms with van der Waals surface area (Å²) in [5.74, 6) is 0.231. The fourth-order valence-electron chi connectivity index (χ4n) is 4.07. The minimum Gasteiger partial charge on any atom is -0.307 e. The van der Waals surface area contributed by atoms with E-state index in [0.29, 0.717) is 23.8 Å². The van der Waals surface area contributed by atoms with E-state index in [0.717, 1.165) is 18.4 Å². The van der Waals surface area contributed by atoms with Gasteiger partial charge in [-0.05, 0) is 44.9 Å². The quantitative estimate of drug-likeness (QED) is 0.706. The highest BCUT2D eigenvalue weighted by atomic mass is 32.2. The Bertz CT molecular complexity index is 1290. The van der Waals surface area contributed by atoms with Crippen LogP contribution in [0.1, 0.15) is 42.6 Å². The van der Waals surface area contributed by atoms with Crippen molar-refractivity contribution in [2.45, 2.75) is 56.3 Å².